The van der Waals surface area contributed by atoms with Gasteiger partial charge in [0, 0.05) is 11.6 Å². The highest BCUT2D eigenvalue weighted by atomic mass is 16.6. The van der Waals surface area contributed by atoms with Crippen LogP contribution in [0.3, 0.4) is 0 Å². The van der Waals surface area contributed by atoms with Crippen molar-refractivity contribution in [3.63, 3.8) is 0 Å². The van der Waals surface area contributed by atoms with E-state index in [-0.39, 0.29) is 11.9 Å². The first-order valence-corrected chi connectivity index (χ1v) is 8.93. The third-order valence-electron chi connectivity index (χ3n) is 4.20. The molecule has 0 radical (unpaired) electrons. The second-order valence-electron chi connectivity index (χ2n) is 6.45. The molecule has 2 unspecified atom stereocenters. The molecule has 2 aromatic rings. The molecule has 1 N–H and O–H groups in total. The zero-order chi connectivity index (χ0) is 19.2. The lowest BCUT2D eigenvalue weighted by atomic mass is 10.1. The molecule has 1 amide bonds. The smallest absolute Gasteiger partial charge is 0.348 e. The van der Waals surface area contributed by atoms with Crippen LogP contribution in [0, 0.1) is 0 Å². The number of benzene rings is 2. The van der Waals surface area contributed by atoms with Crippen LogP contribution in [-0.2, 0) is 14.3 Å². The first kappa shape index (κ1) is 18.8. The van der Waals surface area contributed by atoms with Crippen molar-refractivity contribution in [2.45, 2.75) is 38.0 Å². The van der Waals surface area contributed by atoms with Gasteiger partial charge in [0.15, 0.2) is 6.10 Å². The molecule has 1 aliphatic carbocycles. The van der Waals surface area contributed by atoms with Crippen molar-refractivity contribution in [3.05, 3.63) is 60.2 Å². The number of esters is 1. The minimum atomic E-state index is -0.999. The molecule has 2 aromatic carbocycles. The third kappa shape index (κ3) is 5.23. The average Bonchev–Trinajstić information content (AvgIpc) is 3.51. The van der Waals surface area contributed by atoms with Gasteiger partial charge in [-0.15, -0.1) is 0 Å². The van der Waals surface area contributed by atoms with Gasteiger partial charge in [-0.1, -0.05) is 30.3 Å². The van der Waals surface area contributed by atoms with Crippen molar-refractivity contribution in [1.29, 1.82) is 0 Å². The summed E-state index contributed by atoms with van der Waals surface area (Å²) in [5, 5.41) is 2.89. The Bertz CT molecular complexity index is 771. The van der Waals surface area contributed by atoms with Crippen LogP contribution in [0.4, 0.5) is 0 Å². The van der Waals surface area contributed by atoms with E-state index in [0.29, 0.717) is 17.1 Å². The predicted octanol–water partition coefficient (Wildman–Crippen LogP) is 3.03. The molecule has 1 saturated carbocycles. The summed E-state index contributed by atoms with van der Waals surface area (Å²) >= 11 is 0. The first-order chi connectivity index (χ1) is 13.1. The van der Waals surface area contributed by atoms with Crippen LogP contribution in [0.5, 0.6) is 11.5 Å². The number of carbonyl (C=O) groups excluding carboxylic acids is 2. The fraction of sp³-hybridized carbons (Fsp3) is 0.333. The van der Waals surface area contributed by atoms with Crippen molar-refractivity contribution < 1.29 is 23.8 Å². The van der Waals surface area contributed by atoms with Gasteiger partial charge in [-0.05, 0) is 44.0 Å². The van der Waals surface area contributed by atoms with Gasteiger partial charge in [0.25, 0.3) is 5.91 Å². The summed E-state index contributed by atoms with van der Waals surface area (Å²) in [5.74, 6) is 0.289. The SMILES string of the molecule is COc1ccc(OC(C)C(=O)OC(C(=O)NC2CC2)c2ccccc2)cc1. The quantitative estimate of drug-likeness (QED) is 0.724. The van der Waals surface area contributed by atoms with E-state index in [4.69, 9.17) is 14.2 Å². The van der Waals surface area contributed by atoms with Crippen molar-refractivity contribution in [1.82, 2.24) is 5.32 Å². The monoisotopic (exact) mass is 369 g/mol. The summed E-state index contributed by atoms with van der Waals surface area (Å²) in [4.78, 5) is 25.0. The Kier molecular flexibility index (Phi) is 5.96. The molecule has 142 valence electrons. The fourth-order valence-corrected chi connectivity index (χ4v) is 2.52. The predicted molar refractivity (Wildman–Crippen MR) is 99.5 cm³/mol. The third-order valence-corrected chi connectivity index (χ3v) is 4.20. The summed E-state index contributed by atoms with van der Waals surface area (Å²) in [6, 6.07) is 16.0. The van der Waals surface area contributed by atoms with Gasteiger partial charge in [-0.2, -0.15) is 0 Å². The highest BCUT2D eigenvalue weighted by Crippen LogP contribution is 2.24. The highest BCUT2D eigenvalue weighted by molar-refractivity contribution is 5.86. The maximum Gasteiger partial charge on any atom is 0.348 e. The van der Waals surface area contributed by atoms with E-state index in [0.717, 1.165) is 12.8 Å². The van der Waals surface area contributed by atoms with E-state index in [1.165, 1.54) is 0 Å². The number of carbonyl (C=O) groups is 2. The maximum absolute atomic E-state index is 12.5. The van der Waals surface area contributed by atoms with Crippen LogP contribution in [0.15, 0.2) is 54.6 Å². The molecule has 0 aliphatic heterocycles. The minimum absolute atomic E-state index is 0.176. The van der Waals surface area contributed by atoms with Crippen molar-refractivity contribution in [2.24, 2.45) is 0 Å². The molecule has 0 saturated heterocycles. The maximum atomic E-state index is 12.5. The van der Waals surface area contributed by atoms with E-state index in [1.54, 1.807) is 62.6 Å². The van der Waals surface area contributed by atoms with Crippen molar-refractivity contribution in [2.75, 3.05) is 7.11 Å². The van der Waals surface area contributed by atoms with Crippen LogP contribution in [0.25, 0.3) is 0 Å². The summed E-state index contributed by atoms with van der Waals surface area (Å²) in [5.41, 5.74) is 0.626. The van der Waals surface area contributed by atoms with Crippen LogP contribution >= 0.6 is 0 Å². The molecule has 0 aromatic heterocycles. The number of hydrogen-bond donors (Lipinski definition) is 1. The summed E-state index contributed by atoms with van der Waals surface area (Å²) in [6.45, 7) is 1.59. The molecule has 27 heavy (non-hydrogen) atoms. The lowest BCUT2D eigenvalue weighted by molar-refractivity contribution is -0.162. The Morgan fingerprint density at radius 1 is 1.00 bits per heavy atom. The Hall–Kier alpha value is -3.02. The number of methoxy groups -OCH3 is 1. The topological polar surface area (TPSA) is 73.9 Å². The van der Waals surface area contributed by atoms with Gasteiger partial charge in [0.1, 0.15) is 11.5 Å². The van der Waals surface area contributed by atoms with Crippen molar-refractivity contribution in [3.8, 4) is 11.5 Å². The molecule has 1 aliphatic rings. The standard InChI is InChI=1S/C21H23NO5/c1-14(26-18-12-10-17(25-2)11-13-18)21(24)27-19(15-6-4-3-5-7-15)20(23)22-16-8-9-16/h3-7,10-14,16,19H,8-9H2,1-2H3,(H,22,23). The largest absolute Gasteiger partial charge is 0.497 e. The van der Waals surface area contributed by atoms with Gasteiger partial charge < -0.3 is 19.5 Å². The average molecular weight is 369 g/mol. The second-order valence-corrected chi connectivity index (χ2v) is 6.45. The van der Waals surface area contributed by atoms with E-state index in [1.807, 2.05) is 6.07 Å². The van der Waals surface area contributed by atoms with E-state index in [2.05, 4.69) is 5.32 Å². The van der Waals surface area contributed by atoms with Crippen LogP contribution in [0.2, 0.25) is 0 Å². The normalized spacial score (nSPS) is 15.3. The lowest BCUT2D eigenvalue weighted by Gasteiger charge is -2.21. The summed E-state index contributed by atoms with van der Waals surface area (Å²) in [7, 11) is 1.58. The molecule has 6 heteroatoms. The number of nitrogens with one attached hydrogen (secondary N) is 1. The Morgan fingerprint density at radius 2 is 1.63 bits per heavy atom. The number of hydrogen-bond acceptors (Lipinski definition) is 5. The number of rotatable bonds is 8. The van der Waals surface area contributed by atoms with Gasteiger partial charge in [0.05, 0.1) is 7.11 Å². The number of amides is 1. The van der Waals surface area contributed by atoms with E-state index < -0.39 is 18.2 Å². The summed E-state index contributed by atoms with van der Waals surface area (Å²) in [6.07, 6.45) is 0.0515. The molecule has 0 heterocycles. The van der Waals surface area contributed by atoms with E-state index >= 15 is 0 Å². The zero-order valence-corrected chi connectivity index (χ0v) is 15.4. The van der Waals surface area contributed by atoms with Crippen LogP contribution in [0.1, 0.15) is 31.4 Å². The Morgan fingerprint density at radius 3 is 2.22 bits per heavy atom. The second kappa shape index (κ2) is 8.58. The number of ether oxygens (including phenoxy) is 3. The highest BCUT2D eigenvalue weighted by Gasteiger charge is 2.32. The fourth-order valence-electron chi connectivity index (χ4n) is 2.52. The molecule has 3 rings (SSSR count). The van der Waals surface area contributed by atoms with Crippen LogP contribution in [-0.4, -0.2) is 31.1 Å². The molecule has 1 fully saturated rings. The lowest BCUT2D eigenvalue weighted by Crippen LogP contribution is -2.36. The van der Waals surface area contributed by atoms with Gasteiger partial charge in [0.2, 0.25) is 6.10 Å². The molecule has 2 atom stereocenters. The van der Waals surface area contributed by atoms with Crippen molar-refractivity contribution >= 4 is 11.9 Å². The van der Waals surface area contributed by atoms with Crippen LogP contribution < -0.4 is 14.8 Å². The molecule has 0 bridgehead atoms. The summed E-state index contributed by atoms with van der Waals surface area (Å²) < 4.78 is 16.2. The molecule has 6 nitrogen and oxygen atoms in total. The minimum Gasteiger partial charge on any atom is -0.497 e. The van der Waals surface area contributed by atoms with Gasteiger partial charge in [-0.25, -0.2) is 4.79 Å². The molecular weight excluding hydrogens is 346 g/mol. The zero-order valence-electron chi connectivity index (χ0n) is 15.4. The first-order valence-electron chi connectivity index (χ1n) is 8.93. The molecule has 0 spiro atoms. The Balaban J connectivity index is 1.66. The van der Waals surface area contributed by atoms with Gasteiger partial charge >= 0.3 is 5.97 Å². The molecular formula is C21H23NO5. The van der Waals surface area contributed by atoms with Gasteiger partial charge in [-0.3, -0.25) is 4.79 Å². The van der Waals surface area contributed by atoms with E-state index in [9.17, 15) is 9.59 Å². The Labute approximate surface area is 158 Å².